The third-order valence-electron chi connectivity index (χ3n) is 4.89. The molecule has 2 aromatic rings. The largest absolute Gasteiger partial charge is 0.486 e. The zero-order valence-corrected chi connectivity index (χ0v) is 16.2. The summed E-state index contributed by atoms with van der Waals surface area (Å²) in [6, 6.07) is 11.4. The second-order valence-electron chi connectivity index (χ2n) is 6.68. The molecule has 0 aromatic heterocycles. The van der Waals surface area contributed by atoms with Crippen LogP contribution in [-0.4, -0.2) is 37.1 Å². The molecule has 0 radical (unpaired) electrons. The Balaban J connectivity index is 1.45. The van der Waals surface area contributed by atoms with Gasteiger partial charge in [-0.3, -0.25) is 9.69 Å². The van der Waals surface area contributed by atoms with E-state index < -0.39 is 0 Å². The predicted molar refractivity (Wildman–Crippen MR) is 106 cm³/mol. The molecule has 1 N–H and O–H groups in total. The third-order valence-corrected chi connectivity index (χ3v) is 5.71. The Morgan fingerprint density at radius 1 is 1.15 bits per heavy atom. The number of carbonyl (C=O) groups is 1. The van der Waals surface area contributed by atoms with Gasteiger partial charge in [0.1, 0.15) is 13.2 Å². The highest BCUT2D eigenvalue weighted by Crippen LogP contribution is 2.38. The number of anilines is 1. The highest BCUT2D eigenvalue weighted by atomic mass is 35.5. The number of likely N-dealkylation sites (tertiary alicyclic amines) is 1. The molecule has 2 aliphatic rings. The van der Waals surface area contributed by atoms with Crippen LogP contribution in [0.2, 0.25) is 10.0 Å². The van der Waals surface area contributed by atoms with E-state index in [0.717, 1.165) is 36.4 Å². The Morgan fingerprint density at radius 3 is 2.81 bits per heavy atom. The first kappa shape index (κ1) is 18.4. The standard InChI is InChI=1S/C20H20Cl2N2O3/c21-14-3-1-4-15(20(14)22)23-19(25)12-24-8-2-5-16(24)13-6-7-17-18(11-13)27-10-9-26-17/h1,3-4,6-7,11,16H,2,5,8-10,12H2,(H,23,25)/t16-/m0/s1. The van der Waals surface area contributed by atoms with Crippen LogP contribution >= 0.6 is 23.2 Å². The molecule has 7 heteroatoms. The number of benzene rings is 2. The van der Waals surface area contributed by atoms with E-state index in [1.807, 2.05) is 12.1 Å². The van der Waals surface area contributed by atoms with Gasteiger partial charge < -0.3 is 14.8 Å². The summed E-state index contributed by atoms with van der Waals surface area (Å²) < 4.78 is 11.3. The van der Waals surface area contributed by atoms with Gasteiger partial charge in [0.05, 0.1) is 22.3 Å². The predicted octanol–water partition coefficient (Wildman–Crippen LogP) is 4.54. The fraction of sp³-hybridized carbons (Fsp3) is 0.350. The lowest BCUT2D eigenvalue weighted by molar-refractivity contribution is -0.117. The number of nitrogens with one attached hydrogen (secondary N) is 1. The molecule has 0 saturated carbocycles. The van der Waals surface area contributed by atoms with Gasteiger partial charge in [0.15, 0.2) is 11.5 Å². The molecular formula is C20H20Cl2N2O3. The maximum absolute atomic E-state index is 12.5. The van der Waals surface area contributed by atoms with Crippen LogP contribution in [0, 0.1) is 0 Å². The van der Waals surface area contributed by atoms with E-state index in [4.69, 9.17) is 32.7 Å². The molecule has 0 spiro atoms. The lowest BCUT2D eigenvalue weighted by Gasteiger charge is -2.26. The zero-order chi connectivity index (χ0) is 18.8. The van der Waals surface area contributed by atoms with Crippen LogP contribution < -0.4 is 14.8 Å². The van der Waals surface area contributed by atoms with Gasteiger partial charge in [0, 0.05) is 6.04 Å². The fourth-order valence-corrected chi connectivity index (χ4v) is 3.98. The molecule has 0 unspecified atom stereocenters. The molecule has 27 heavy (non-hydrogen) atoms. The molecule has 1 fully saturated rings. The van der Waals surface area contributed by atoms with Gasteiger partial charge in [-0.25, -0.2) is 0 Å². The van der Waals surface area contributed by atoms with E-state index >= 15 is 0 Å². The van der Waals surface area contributed by atoms with E-state index in [1.54, 1.807) is 18.2 Å². The topological polar surface area (TPSA) is 50.8 Å². The Bertz CT molecular complexity index is 859. The number of amides is 1. The summed E-state index contributed by atoms with van der Waals surface area (Å²) in [7, 11) is 0. The summed E-state index contributed by atoms with van der Waals surface area (Å²) in [6.45, 7) is 2.31. The van der Waals surface area contributed by atoms with Crippen molar-refractivity contribution in [3.8, 4) is 11.5 Å². The lowest BCUT2D eigenvalue weighted by atomic mass is 10.0. The maximum atomic E-state index is 12.5. The van der Waals surface area contributed by atoms with Crippen LogP contribution in [0.1, 0.15) is 24.4 Å². The first-order chi connectivity index (χ1) is 13.1. The van der Waals surface area contributed by atoms with Crippen molar-refractivity contribution >= 4 is 34.8 Å². The number of nitrogens with zero attached hydrogens (tertiary/aromatic N) is 1. The molecule has 5 nitrogen and oxygen atoms in total. The SMILES string of the molecule is O=C(CN1CCC[C@H]1c1ccc2c(c1)OCCO2)Nc1cccc(Cl)c1Cl. The van der Waals surface area contributed by atoms with Crippen LogP contribution in [0.25, 0.3) is 0 Å². The van der Waals surface area contributed by atoms with Crippen LogP contribution in [0.4, 0.5) is 5.69 Å². The number of halogens is 2. The minimum Gasteiger partial charge on any atom is -0.486 e. The summed E-state index contributed by atoms with van der Waals surface area (Å²) in [6.07, 6.45) is 2.05. The summed E-state index contributed by atoms with van der Waals surface area (Å²) >= 11 is 12.2. The average Bonchev–Trinajstić information content (AvgIpc) is 3.13. The highest BCUT2D eigenvalue weighted by molar-refractivity contribution is 6.44. The summed E-state index contributed by atoms with van der Waals surface area (Å²) in [4.78, 5) is 14.7. The first-order valence-corrected chi connectivity index (χ1v) is 9.75. The quantitative estimate of drug-likeness (QED) is 0.809. The van der Waals surface area contributed by atoms with Crippen molar-refractivity contribution in [3.63, 3.8) is 0 Å². The van der Waals surface area contributed by atoms with Crippen molar-refractivity contribution in [1.82, 2.24) is 4.90 Å². The van der Waals surface area contributed by atoms with E-state index in [2.05, 4.69) is 16.3 Å². The average molecular weight is 407 g/mol. The highest BCUT2D eigenvalue weighted by Gasteiger charge is 2.29. The first-order valence-electron chi connectivity index (χ1n) is 8.99. The molecule has 1 amide bonds. The molecule has 1 atom stereocenters. The van der Waals surface area contributed by atoms with Crippen LogP contribution in [0.5, 0.6) is 11.5 Å². The number of carbonyl (C=O) groups excluding carboxylic acids is 1. The summed E-state index contributed by atoms with van der Waals surface area (Å²) in [5.41, 5.74) is 1.68. The monoisotopic (exact) mass is 406 g/mol. The molecule has 142 valence electrons. The fourth-order valence-electron chi connectivity index (χ4n) is 3.63. The lowest BCUT2D eigenvalue weighted by Crippen LogP contribution is -2.33. The normalized spacial score (nSPS) is 19.1. The maximum Gasteiger partial charge on any atom is 0.238 e. The van der Waals surface area contributed by atoms with Crippen LogP contribution in [0.15, 0.2) is 36.4 Å². The number of hydrogen-bond acceptors (Lipinski definition) is 4. The Labute approximate surface area is 168 Å². The van der Waals surface area contributed by atoms with E-state index in [0.29, 0.717) is 35.5 Å². The number of rotatable bonds is 4. The molecular weight excluding hydrogens is 387 g/mol. The Hall–Kier alpha value is -1.95. The molecule has 0 aliphatic carbocycles. The van der Waals surface area contributed by atoms with Gasteiger partial charge in [-0.15, -0.1) is 0 Å². The van der Waals surface area contributed by atoms with Gasteiger partial charge in [0.2, 0.25) is 5.91 Å². The van der Waals surface area contributed by atoms with Gasteiger partial charge in [-0.05, 0) is 49.2 Å². The molecule has 4 rings (SSSR count). The van der Waals surface area contributed by atoms with Crippen molar-refractivity contribution in [2.45, 2.75) is 18.9 Å². The second kappa shape index (κ2) is 7.97. The molecule has 2 heterocycles. The molecule has 2 aromatic carbocycles. The van der Waals surface area contributed by atoms with Crippen molar-refractivity contribution < 1.29 is 14.3 Å². The second-order valence-corrected chi connectivity index (χ2v) is 7.47. The Morgan fingerprint density at radius 2 is 1.96 bits per heavy atom. The van der Waals surface area contributed by atoms with Crippen LogP contribution in [0.3, 0.4) is 0 Å². The van der Waals surface area contributed by atoms with E-state index in [-0.39, 0.29) is 11.9 Å². The third kappa shape index (κ3) is 4.00. The van der Waals surface area contributed by atoms with Crippen molar-refractivity contribution in [2.75, 3.05) is 31.6 Å². The van der Waals surface area contributed by atoms with Gasteiger partial charge in [0.25, 0.3) is 0 Å². The Kier molecular flexibility index (Phi) is 5.43. The summed E-state index contributed by atoms with van der Waals surface area (Å²) in [5, 5.41) is 3.64. The minimum atomic E-state index is -0.108. The van der Waals surface area contributed by atoms with Crippen molar-refractivity contribution in [3.05, 3.63) is 52.0 Å². The van der Waals surface area contributed by atoms with Crippen molar-refractivity contribution in [1.29, 1.82) is 0 Å². The smallest absolute Gasteiger partial charge is 0.238 e. The van der Waals surface area contributed by atoms with E-state index in [1.165, 1.54) is 0 Å². The van der Waals surface area contributed by atoms with Gasteiger partial charge in [-0.1, -0.05) is 35.3 Å². The van der Waals surface area contributed by atoms with Crippen LogP contribution in [-0.2, 0) is 4.79 Å². The van der Waals surface area contributed by atoms with Gasteiger partial charge in [-0.2, -0.15) is 0 Å². The minimum absolute atomic E-state index is 0.108. The molecule has 0 bridgehead atoms. The summed E-state index contributed by atoms with van der Waals surface area (Å²) in [5.74, 6) is 1.45. The molecule has 1 saturated heterocycles. The molecule has 2 aliphatic heterocycles. The zero-order valence-electron chi connectivity index (χ0n) is 14.7. The number of fused-ring (bicyclic) bond motifs is 1. The van der Waals surface area contributed by atoms with E-state index in [9.17, 15) is 4.79 Å². The van der Waals surface area contributed by atoms with Crippen molar-refractivity contribution in [2.24, 2.45) is 0 Å². The number of hydrogen-bond donors (Lipinski definition) is 1. The van der Waals surface area contributed by atoms with Gasteiger partial charge >= 0.3 is 0 Å². The number of ether oxygens (including phenoxy) is 2.